The lowest BCUT2D eigenvalue weighted by molar-refractivity contribution is -0.143. The lowest BCUT2D eigenvalue weighted by Gasteiger charge is -2.34. The molecule has 7 heteroatoms. The fraction of sp³-hybridized carbons (Fsp3) is 0.667. The van der Waals surface area contributed by atoms with E-state index in [1.54, 1.807) is 0 Å². The summed E-state index contributed by atoms with van der Waals surface area (Å²) in [5.41, 5.74) is 7.46. The molecule has 1 aromatic carbocycles. The number of carbonyl (C=O) groups excluding carboxylic acids is 1. The summed E-state index contributed by atoms with van der Waals surface area (Å²) in [7, 11) is -2.84. The van der Waals surface area contributed by atoms with Gasteiger partial charge in [0.15, 0.2) is 0 Å². The molecule has 1 aromatic rings. The minimum atomic E-state index is -2.84. The highest BCUT2D eigenvalue weighted by atomic mass is 28.4. The number of nitrogen functional groups attached to an aromatic ring is 1. The highest BCUT2D eigenvalue weighted by molar-refractivity contribution is 6.60. The fourth-order valence-corrected chi connectivity index (χ4v) is 6.07. The summed E-state index contributed by atoms with van der Waals surface area (Å²) < 4.78 is 23.8. The molecule has 2 N–H and O–H groups in total. The molecule has 0 radical (unpaired) electrons. The summed E-state index contributed by atoms with van der Waals surface area (Å²) in [4.78, 5) is 12.0. The molecule has 1 rings (SSSR count). The molecule has 0 amide bonds. The van der Waals surface area contributed by atoms with Crippen LogP contribution in [0.2, 0.25) is 6.04 Å². The number of carbonyl (C=O) groups is 1. The number of esters is 1. The van der Waals surface area contributed by atoms with E-state index in [0.717, 1.165) is 11.3 Å². The van der Waals surface area contributed by atoms with Crippen LogP contribution in [0.5, 0.6) is 0 Å². The molecule has 0 atom stereocenters. The highest BCUT2D eigenvalue weighted by Crippen LogP contribution is 2.23. The number of benzene rings is 1. The van der Waals surface area contributed by atoms with Crippen molar-refractivity contribution in [1.82, 2.24) is 0 Å². The van der Waals surface area contributed by atoms with Crippen LogP contribution in [-0.4, -0.2) is 39.7 Å². The molecule has 0 spiro atoms. The summed E-state index contributed by atoms with van der Waals surface area (Å²) in [5, 5.41) is 0. The van der Waals surface area contributed by atoms with Gasteiger partial charge in [0.2, 0.25) is 0 Å². The third-order valence-corrected chi connectivity index (χ3v) is 7.19. The van der Waals surface area contributed by atoms with Gasteiger partial charge in [0.1, 0.15) is 0 Å². The molecule has 160 valence electrons. The van der Waals surface area contributed by atoms with Crippen molar-refractivity contribution < 1.29 is 22.8 Å². The number of hydrogen-bond donors (Lipinski definition) is 1. The van der Waals surface area contributed by atoms with Crippen LogP contribution in [-0.2, 0) is 29.2 Å². The van der Waals surface area contributed by atoms with Gasteiger partial charge in [-0.1, -0.05) is 12.1 Å². The van der Waals surface area contributed by atoms with Crippen molar-refractivity contribution in [2.75, 3.05) is 12.3 Å². The lowest BCUT2D eigenvalue weighted by atomic mass is 10.1. The molecule has 0 fully saturated rings. The van der Waals surface area contributed by atoms with Crippen molar-refractivity contribution in [2.24, 2.45) is 0 Å². The van der Waals surface area contributed by atoms with Gasteiger partial charge in [-0.2, -0.15) is 0 Å². The first-order valence-corrected chi connectivity index (χ1v) is 12.1. The molecule has 0 aliphatic carbocycles. The second-order valence-corrected chi connectivity index (χ2v) is 10.3. The Morgan fingerprint density at radius 2 is 1.43 bits per heavy atom. The van der Waals surface area contributed by atoms with E-state index >= 15 is 0 Å². The molecule has 0 bridgehead atoms. The van der Waals surface area contributed by atoms with E-state index in [1.807, 2.05) is 65.8 Å². The Morgan fingerprint density at radius 3 is 1.89 bits per heavy atom. The monoisotopic (exact) mass is 411 g/mol. The van der Waals surface area contributed by atoms with E-state index in [2.05, 4.69) is 0 Å². The first-order chi connectivity index (χ1) is 13.1. The molecule has 0 unspecified atom stereocenters. The first kappa shape index (κ1) is 24.6. The molecule has 0 saturated carbocycles. The molecule has 6 nitrogen and oxygen atoms in total. The predicted octanol–water partition coefficient (Wildman–Crippen LogP) is 4.35. The number of nitrogens with two attached hydrogens (primary N) is 1. The maximum atomic E-state index is 12.0. The molecule has 0 aliphatic rings. The molecule has 0 aliphatic heterocycles. The van der Waals surface area contributed by atoms with Crippen molar-refractivity contribution in [3.63, 3.8) is 0 Å². The van der Waals surface area contributed by atoms with Crippen LogP contribution >= 0.6 is 0 Å². The van der Waals surface area contributed by atoms with Crippen molar-refractivity contribution >= 4 is 20.5 Å². The van der Waals surface area contributed by atoms with Gasteiger partial charge in [-0.05, 0) is 72.1 Å². The van der Waals surface area contributed by atoms with Gasteiger partial charge in [-0.25, -0.2) is 0 Å². The minimum absolute atomic E-state index is 0.00614. The Kier molecular flexibility index (Phi) is 10.7. The topological polar surface area (TPSA) is 80.0 Å². The maximum Gasteiger partial charge on any atom is 0.501 e. The van der Waals surface area contributed by atoms with Crippen LogP contribution < -0.4 is 5.73 Å². The zero-order chi connectivity index (χ0) is 21.2. The van der Waals surface area contributed by atoms with E-state index in [9.17, 15) is 4.79 Å². The van der Waals surface area contributed by atoms with Crippen LogP contribution in [0.4, 0.5) is 5.69 Å². The summed E-state index contributed by atoms with van der Waals surface area (Å²) in [5.74, 6) is -0.205. The number of hydrogen-bond acceptors (Lipinski definition) is 6. The number of ether oxygens (including phenoxy) is 1. The fourth-order valence-electron chi connectivity index (χ4n) is 2.82. The number of aryl methyl sites for hydroxylation is 1. The Hall–Kier alpha value is -1.41. The predicted molar refractivity (Wildman–Crippen MR) is 114 cm³/mol. The second kappa shape index (κ2) is 12.2. The molecule has 0 saturated heterocycles. The lowest BCUT2D eigenvalue weighted by Crippen LogP contribution is -2.50. The van der Waals surface area contributed by atoms with Crippen LogP contribution in [0.25, 0.3) is 0 Å². The zero-order valence-corrected chi connectivity index (χ0v) is 19.2. The van der Waals surface area contributed by atoms with Gasteiger partial charge in [0.05, 0.1) is 6.61 Å². The van der Waals surface area contributed by atoms with Crippen molar-refractivity contribution in [1.29, 1.82) is 0 Å². The second-order valence-electron chi connectivity index (χ2n) is 7.75. The normalized spacial score (nSPS) is 12.2. The van der Waals surface area contributed by atoms with Gasteiger partial charge < -0.3 is 23.7 Å². The first-order valence-electron chi connectivity index (χ1n) is 10.2. The highest BCUT2D eigenvalue weighted by Gasteiger charge is 2.43. The Bertz CT molecular complexity index is 548. The summed E-state index contributed by atoms with van der Waals surface area (Å²) in [6.45, 7) is 12.2. The number of anilines is 1. The standard InChI is InChI=1S/C21H37NO5Si/c1-16(2)25-28(26-17(3)4,27-18(5)6)15-7-14-24-21(23)13-10-19-8-11-20(22)12-9-19/h8-9,11-12,16-18H,7,10,13-15,22H2,1-6H3. The van der Waals surface area contributed by atoms with Crippen molar-refractivity contribution in [3.05, 3.63) is 29.8 Å². The zero-order valence-electron chi connectivity index (χ0n) is 18.2. The van der Waals surface area contributed by atoms with Crippen LogP contribution in [0.15, 0.2) is 24.3 Å². The van der Waals surface area contributed by atoms with E-state index in [0.29, 0.717) is 31.9 Å². The van der Waals surface area contributed by atoms with Gasteiger partial charge >= 0.3 is 14.8 Å². The SMILES string of the molecule is CC(C)O[Si](CCCOC(=O)CCc1ccc(N)cc1)(OC(C)C)OC(C)C. The largest absolute Gasteiger partial charge is 0.501 e. The van der Waals surface area contributed by atoms with E-state index in [-0.39, 0.29) is 24.3 Å². The van der Waals surface area contributed by atoms with Crippen LogP contribution in [0.3, 0.4) is 0 Å². The smallest absolute Gasteiger partial charge is 0.466 e. The molecule has 28 heavy (non-hydrogen) atoms. The summed E-state index contributed by atoms with van der Waals surface area (Å²) in [6, 6.07) is 8.15. The average molecular weight is 412 g/mol. The quantitative estimate of drug-likeness (QED) is 0.225. The summed E-state index contributed by atoms with van der Waals surface area (Å²) in [6.07, 6.45) is 1.65. The van der Waals surface area contributed by atoms with Crippen molar-refractivity contribution in [2.45, 2.75) is 85.2 Å². The Balaban J connectivity index is 2.48. The van der Waals surface area contributed by atoms with Crippen LogP contribution in [0.1, 0.15) is 59.9 Å². The average Bonchev–Trinajstić information content (AvgIpc) is 2.56. The Labute approximate surface area is 171 Å². The Morgan fingerprint density at radius 1 is 0.929 bits per heavy atom. The van der Waals surface area contributed by atoms with Crippen molar-refractivity contribution in [3.8, 4) is 0 Å². The number of rotatable bonds is 13. The van der Waals surface area contributed by atoms with E-state index in [1.165, 1.54) is 0 Å². The maximum absolute atomic E-state index is 12.0. The molecular weight excluding hydrogens is 374 g/mol. The van der Waals surface area contributed by atoms with E-state index < -0.39 is 8.80 Å². The molecule has 0 heterocycles. The van der Waals surface area contributed by atoms with Gasteiger partial charge in [0, 0.05) is 36.5 Å². The minimum Gasteiger partial charge on any atom is -0.466 e. The van der Waals surface area contributed by atoms with Crippen LogP contribution in [0, 0.1) is 0 Å². The molecule has 0 aromatic heterocycles. The van der Waals surface area contributed by atoms with Gasteiger partial charge in [-0.15, -0.1) is 0 Å². The molecular formula is C21H37NO5Si. The third-order valence-electron chi connectivity index (χ3n) is 3.73. The van der Waals surface area contributed by atoms with Gasteiger partial charge in [0.25, 0.3) is 0 Å². The van der Waals surface area contributed by atoms with E-state index in [4.69, 9.17) is 23.7 Å². The third kappa shape index (κ3) is 10.2. The summed E-state index contributed by atoms with van der Waals surface area (Å²) >= 11 is 0. The van der Waals surface area contributed by atoms with Gasteiger partial charge in [-0.3, -0.25) is 4.79 Å².